The van der Waals surface area contributed by atoms with E-state index in [9.17, 15) is 27.6 Å². The van der Waals surface area contributed by atoms with Crippen molar-refractivity contribution in [1.29, 1.82) is 0 Å². The van der Waals surface area contributed by atoms with Crippen molar-refractivity contribution in [1.82, 2.24) is 14.6 Å². The highest BCUT2D eigenvalue weighted by molar-refractivity contribution is 7.90. The zero-order valence-corrected chi connectivity index (χ0v) is 34.1. The molecule has 1 saturated heterocycles. The van der Waals surface area contributed by atoms with E-state index in [-0.39, 0.29) is 50.5 Å². The second-order valence-corrected chi connectivity index (χ2v) is 19.3. The number of allylic oxidation sites excluding steroid dienone is 2. The number of nitrogens with one attached hydrogen (secondary N) is 1. The average molecular weight is 796 g/mol. The van der Waals surface area contributed by atoms with E-state index in [2.05, 4.69) is 29.5 Å². The molecule has 5 atom stereocenters. The summed E-state index contributed by atoms with van der Waals surface area (Å²) >= 11 is 0. The smallest absolute Gasteiger partial charge is 0.306 e. The lowest BCUT2D eigenvalue weighted by molar-refractivity contribution is -0.153. The summed E-state index contributed by atoms with van der Waals surface area (Å²) in [6, 6.07) is 14.8. The van der Waals surface area contributed by atoms with Gasteiger partial charge in [-0.05, 0) is 80.0 Å². The number of ether oxygens (including phenoxy) is 2. The third-order valence-electron chi connectivity index (χ3n) is 12.0. The Morgan fingerprint density at radius 3 is 2.53 bits per heavy atom. The van der Waals surface area contributed by atoms with Gasteiger partial charge in [0.05, 0.1) is 53.4 Å². The summed E-state index contributed by atoms with van der Waals surface area (Å²) in [5.41, 5.74) is 2.44. The highest BCUT2D eigenvalue weighted by Gasteiger charge is 2.61. The van der Waals surface area contributed by atoms with Crippen LogP contribution in [-0.2, 0) is 33.9 Å². The molecule has 0 spiro atoms. The Bertz CT molecular complexity index is 2230. The van der Waals surface area contributed by atoms with Gasteiger partial charge in [0.15, 0.2) is 5.78 Å². The molecule has 0 unspecified atom stereocenters. The summed E-state index contributed by atoms with van der Waals surface area (Å²) in [4.78, 5) is 62.9. The summed E-state index contributed by atoms with van der Waals surface area (Å²) < 4.78 is 40.4. The highest BCUT2D eigenvalue weighted by Crippen LogP contribution is 2.57. The number of fused-ring (bicyclic) bond motifs is 3. The number of esters is 1. The van der Waals surface area contributed by atoms with Crippen LogP contribution in [0.3, 0.4) is 0 Å². The minimum absolute atomic E-state index is 0.0557. The predicted molar refractivity (Wildman–Crippen MR) is 218 cm³/mol. The van der Waals surface area contributed by atoms with Gasteiger partial charge in [0.25, 0.3) is 0 Å². The Kier molecular flexibility index (Phi) is 11.2. The average Bonchev–Trinajstić information content (AvgIpc) is 4.09. The Morgan fingerprint density at radius 2 is 1.84 bits per heavy atom. The molecule has 4 bridgehead atoms. The number of aromatic nitrogens is 1. The van der Waals surface area contributed by atoms with Gasteiger partial charge in [-0.3, -0.25) is 23.9 Å². The van der Waals surface area contributed by atoms with E-state index in [4.69, 9.17) is 14.5 Å². The van der Waals surface area contributed by atoms with E-state index in [0.717, 1.165) is 40.4 Å². The van der Waals surface area contributed by atoms with E-state index in [0.29, 0.717) is 30.7 Å². The number of cyclic esters (lactones) is 1. The number of amides is 2. The van der Waals surface area contributed by atoms with Crippen molar-refractivity contribution >= 4 is 50.6 Å². The van der Waals surface area contributed by atoms with Gasteiger partial charge < -0.3 is 14.4 Å². The first-order valence-electron chi connectivity index (χ1n) is 20.1. The monoisotopic (exact) mass is 795 g/mol. The number of nitrogens with zero attached hydrogens (tertiary/aromatic N) is 2. The van der Waals surface area contributed by atoms with E-state index >= 15 is 0 Å². The number of benzene rings is 2. The highest BCUT2D eigenvalue weighted by atomic mass is 32.2. The molecule has 3 fully saturated rings. The zero-order valence-electron chi connectivity index (χ0n) is 33.3. The lowest BCUT2D eigenvalue weighted by Crippen LogP contribution is -2.48. The molecule has 57 heavy (non-hydrogen) atoms. The van der Waals surface area contributed by atoms with Gasteiger partial charge in [0.1, 0.15) is 11.9 Å². The summed E-state index contributed by atoms with van der Waals surface area (Å²) in [6.45, 7) is 11.8. The lowest BCUT2D eigenvalue weighted by atomic mass is 9.77. The SMILES string of the molecule is C=C[C@@H]1C[C@]1(CC(=O)[C@@H]1C[C@@H]2CN1C(=O)[C@H](C(C)(C)C)CC(=O)OCCCC/C=C/c1cc3c(cc(-c4ccccc4)nc3cc1C)O2)C(=O)NS(=O)(=O)C1CC1. The van der Waals surface area contributed by atoms with Gasteiger partial charge in [-0.25, -0.2) is 13.4 Å². The molecule has 2 aromatic carbocycles. The molecular formula is C45H53N3O8S. The van der Waals surface area contributed by atoms with Crippen molar-refractivity contribution in [3.05, 3.63) is 78.4 Å². The number of carbonyl (C=O) groups excluding carboxylic acids is 4. The number of sulfonamides is 1. The third kappa shape index (κ3) is 8.71. The van der Waals surface area contributed by atoms with Gasteiger partial charge in [0.2, 0.25) is 21.8 Å². The molecule has 302 valence electrons. The fourth-order valence-electron chi connectivity index (χ4n) is 8.27. The van der Waals surface area contributed by atoms with Crippen molar-refractivity contribution in [2.45, 2.75) is 103 Å². The molecule has 1 N–H and O–H groups in total. The zero-order chi connectivity index (χ0) is 40.7. The normalized spacial score (nSPS) is 26.4. The molecule has 2 saturated carbocycles. The van der Waals surface area contributed by atoms with E-state index in [1.165, 1.54) is 4.90 Å². The number of ketones is 1. The molecule has 3 aromatic rings. The summed E-state index contributed by atoms with van der Waals surface area (Å²) in [7, 11) is -3.86. The first kappa shape index (κ1) is 40.4. The van der Waals surface area contributed by atoms with Crippen LogP contribution in [0.4, 0.5) is 0 Å². The summed E-state index contributed by atoms with van der Waals surface area (Å²) in [5.74, 6) is -2.60. The van der Waals surface area contributed by atoms with Crippen molar-refractivity contribution in [3.8, 4) is 17.0 Å². The fraction of sp³-hybridized carbons (Fsp3) is 0.489. The largest absolute Gasteiger partial charge is 0.488 e. The summed E-state index contributed by atoms with van der Waals surface area (Å²) in [6.07, 6.45) is 8.36. The second-order valence-electron chi connectivity index (χ2n) is 17.3. The van der Waals surface area contributed by atoms with Crippen molar-refractivity contribution in [2.24, 2.45) is 22.7 Å². The number of carbonyl (C=O) groups is 4. The molecule has 12 heteroatoms. The maximum Gasteiger partial charge on any atom is 0.306 e. The maximum atomic E-state index is 14.8. The fourth-order valence-corrected chi connectivity index (χ4v) is 9.65. The Balaban J connectivity index is 1.28. The van der Waals surface area contributed by atoms with E-state index in [1.54, 1.807) is 6.08 Å². The first-order chi connectivity index (χ1) is 27.1. The van der Waals surface area contributed by atoms with Gasteiger partial charge in [-0.2, -0.15) is 0 Å². The van der Waals surface area contributed by atoms with Crippen molar-refractivity contribution in [3.63, 3.8) is 0 Å². The number of rotatable bonds is 8. The predicted octanol–water partition coefficient (Wildman–Crippen LogP) is 7.11. The van der Waals surface area contributed by atoms with Gasteiger partial charge in [-0.15, -0.1) is 6.58 Å². The molecule has 0 radical (unpaired) electrons. The molecule has 7 rings (SSSR count). The molecule has 1 aromatic heterocycles. The van der Waals surface area contributed by atoms with Crippen LogP contribution in [0.15, 0.2) is 67.3 Å². The van der Waals surface area contributed by atoms with Crippen LogP contribution in [0.2, 0.25) is 0 Å². The van der Waals surface area contributed by atoms with Crippen LogP contribution in [0, 0.1) is 29.6 Å². The Morgan fingerprint density at radius 1 is 1.09 bits per heavy atom. The van der Waals surface area contributed by atoms with E-state index in [1.807, 2.05) is 70.2 Å². The van der Waals surface area contributed by atoms with Crippen LogP contribution in [0.1, 0.15) is 89.7 Å². The van der Waals surface area contributed by atoms with Crippen LogP contribution in [0.5, 0.6) is 5.75 Å². The van der Waals surface area contributed by atoms with Crippen LogP contribution in [-0.4, -0.2) is 72.4 Å². The van der Waals surface area contributed by atoms with Crippen LogP contribution < -0.4 is 9.46 Å². The minimum Gasteiger partial charge on any atom is -0.488 e. The molecular weight excluding hydrogens is 743 g/mol. The van der Waals surface area contributed by atoms with Crippen LogP contribution in [0.25, 0.3) is 28.2 Å². The van der Waals surface area contributed by atoms with Gasteiger partial charge in [0, 0.05) is 29.9 Å². The molecule has 3 heterocycles. The van der Waals surface area contributed by atoms with Gasteiger partial charge in [-0.1, -0.05) is 69.3 Å². The Labute approximate surface area is 335 Å². The lowest BCUT2D eigenvalue weighted by Gasteiger charge is -2.34. The van der Waals surface area contributed by atoms with Crippen LogP contribution >= 0.6 is 0 Å². The Hall–Kier alpha value is -4.84. The van der Waals surface area contributed by atoms with Crippen molar-refractivity contribution in [2.75, 3.05) is 13.2 Å². The second kappa shape index (κ2) is 15.8. The standard InChI is InChI=1S/C45H53N3O8S/c1-6-31-25-45(31,43(52)47-57(53,54)33-17-18-33)26-39(49)38-22-32-27-48(38)42(51)35(44(3,4)5)23-41(50)55-19-13-8-7-10-16-30-21-34-37(20-28(30)2)46-36(24-40(34)56-32)29-14-11-9-12-15-29/h6,9-12,14-16,20-21,24,31-33,35,38H,1,7-8,13,17-19,22-23,25-27H2,2-5H3,(H,47,52)/b16-10+/t31-,32-,35-,38+,45-/m1/s1. The first-order valence-corrected chi connectivity index (χ1v) is 21.7. The minimum atomic E-state index is -3.86. The topological polar surface area (TPSA) is 149 Å². The number of hydrogen-bond acceptors (Lipinski definition) is 9. The molecule has 11 nitrogen and oxygen atoms in total. The van der Waals surface area contributed by atoms with E-state index < -0.39 is 62.0 Å². The maximum absolute atomic E-state index is 14.8. The molecule has 4 aliphatic rings. The molecule has 2 aliphatic heterocycles. The van der Waals surface area contributed by atoms with Crippen molar-refractivity contribution < 1.29 is 37.1 Å². The van der Waals surface area contributed by atoms with Gasteiger partial charge >= 0.3 is 5.97 Å². The number of Topliss-reactive ketones (excluding diaryl/α,β-unsaturated/α-hetero) is 1. The molecule has 2 amide bonds. The number of hydrogen-bond donors (Lipinski definition) is 1. The number of aryl methyl sites for hydroxylation is 1. The quantitative estimate of drug-likeness (QED) is 0.186. The number of pyridine rings is 1. The third-order valence-corrected chi connectivity index (χ3v) is 13.9. The molecule has 2 aliphatic carbocycles. The summed E-state index contributed by atoms with van der Waals surface area (Å²) in [5, 5.41) is 0.180.